The molecule has 6 aliphatic rings. The third-order valence-electron chi connectivity index (χ3n) is 9.07. The molecule has 0 amide bonds. The summed E-state index contributed by atoms with van der Waals surface area (Å²) < 4.78 is 31.2. The number of carbonyl (C=O) groups is 1. The van der Waals surface area contributed by atoms with E-state index in [1.165, 1.54) is 11.6 Å². The van der Waals surface area contributed by atoms with E-state index in [9.17, 15) is 4.79 Å². The fourth-order valence-electron chi connectivity index (χ4n) is 7.82. The molecule has 6 nitrogen and oxygen atoms in total. The maximum Gasteiger partial charge on any atom is 0.331 e. The minimum absolute atomic E-state index is 0.00320. The Hall–Kier alpha value is -1.89. The standard InChI is InChI=1S/C25H28O6/c1-21(2)17(22(3)9-6-18(26)29-22)12-24(31-21)11-16-5-4-8-23-14-25(16,23)20(30-24)28-19(23)15-7-10-27-13-15/h5-7,9-10,13,17,19-20H,4,8,11-12,14H2,1-3H3. The van der Waals surface area contributed by atoms with Crippen molar-refractivity contribution in [3.8, 4) is 0 Å². The number of rotatable bonds is 2. The number of carbonyl (C=O) groups excluding carboxylic acids is 1. The van der Waals surface area contributed by atoms with Gasteiger partial charge in [-0.1, -0.05) is 11.6 Å². The minimum atomic E-state index is -0.765. The molecule has 5 heterocycles. The van der Waals surface area contributed by atoms with Gasteiger partial charge in [0.15, 0.2) is 12.1 Å². The summed E-state index contributed by atoms with van der Waals surface area (Å²) in [5.74, 6) is -1.07. The number of ether oxygens (including phenoxy) is 4. The lowest BCUT2D eigenvalue weighted by molar-refractivity contribution is -0.334. The van der Waals surface area contributed by atoms with Crippen molar-refractivity contribution >= 4 is 5.97 Å². The number of cyclic esters (lactones) is 1. The number of hydrogen-bond acceptors (Lipinski definition) is 6. The van der Waals surface area contributed by atoms with E-state index in [0.717, 1.165) is 31.2 Å². The summed E-state index contributed by atoms with van der Waals surface area (Å²) in [6.45, 7) is 6.12. The van der Waals surface area contributed by atoms with Crippen LogP contribution in [-0.4, -0.2) is 29.2 Å². The lowest BCUT2D eigenvalue weighted by atomic mass is 9.71. The van der Waals surface area contributed by atoms with Gasteiger partial charge in [-0.05, 0) is 52.2 Å². The van der Waals surface area contributed by atoms with Crippen LogP contribution in [0.25, 0.3) is 0 Å². The molecule has 1 aromatic rings. The van der Waals surface area contributed by atoms with E-state index in [0.29, 0.717) is 6.42 Å². The van der Waals surface area contributed by atoms with Gasteiger partial charge in [-0.25, -0.2) is 4.79 Å². The maximum absolute atomic E-state index is 11.9. The molecular formula is C25H28O6. The first-order chi connectivity index (χ1) is 14.7. The van der Waals surface area contributed by atoms with Crippen LogP contribution in [0.2, 0.25) is 0 Å². The van der Waals surface area contributed by atoms with Crippen LogP contribution >= 0.6 is 0 Å². The van der Waals surface area contributed by atoms with Gasteiger partial charge in [-0.2, -0.15) is 0 Å². The summed E-state index contributed by atoms with van der Waals surface area (Å²) in [6, 6.07) is 2.02. The highest BCUT2D eigenvalue weighted by atomic mass is 16.8. The Morgan fingerprint density at radius 2 is 2.06 bits per heavy atom. The Bertz CT molecular complexity index is 1040. The third kappa shape index (κ3) is 2.12. The van der Waals surface area contributed by atoms with Gasteiger partial charge in [0, 0.05) is 35.8 Å². The summed E-state index contributed by atoms with van der Waals surface area (Å²) in [6.07, 6.45) is 13.7. The summed E-state index contributed by atoms with van der Waals surface area (Å²) in [7, 11) is 0. The molecule has 1 saturated carbocycles. The summed E-state index contributed by atoms with van der Waals surface area (Å²) in [4.78, 5) is 11.9. The van der Waals surface area contributed by atoms with Gasteiger partial charge >= 0.3 is 5.97 Å². The van der Waals surface area contributed by atoms with E-state index < -0.39 is 17.0 Å². The molecule has 4 fully saturated rings. The van der Waals surface area contributed by atoms with Crippen molar-refractivity contribution in [3.05, 3.63) is 48.0 Å². The van der Waals surface area contributed by atoms with Gasteiger partial charge in [-0.15, -0.1) is 0 Å². The van der Waals surface area contributed by atoms with Gasteiger partial charge < -0.3 is 23.4 Å². The summed E-state index contributed by atoms with van der Waals surface area (Å²) >= 11 is 0. The number of furan rings is 1. The molecular weight excluding hydrogens is 396 g/mol. The number of hydrogen-bond donors (Lipinski definition) is 0. The fourth-order valence-corrected chi connectivity index (χ4v) is 7.82. The smallest absolute Gasteiger partial charge is 0.331 e. The SMILES string of the molecule is CC1(C)OC2(CC3=CCCC45CC34C(OC5c3ccoc3)O2)CC1C1(C)C=CC(=O)O1. The lowest BCUT2D eigenvalue weighted by Crippen LogP contribution is -2.48. The maximum atomic E-state index is 11.9. The van der Waals surface area contributed by atoms with Gasteiger partial charge in [0.2, 0.25) is 0 Å². The molecule has 164 valence electrons. The molecule has 0 bridgehead atoms. The molecule has 0 aromatic carbocycles. The van der Waals surface area contributed by atoms with Crippen molar-refractivity contribution < 1.29 is 28.2 Å². The van der Waals surface area contributed by atoms with Crippen LogP contribution in [-0.2, 0) is 23.7 Å². The van der Waals surface area contributed by atoms with Crippen molar-refractivity contribution in [1.82, 2.24) is 0 Å². The molecule has 0 radical (unpaired) electrons. The highest BCUT2D eigenvalue weighted by molar-refractivity contribution is 5.85. The molecule has 31 heavy (non-hydrogen) atoms. The second kappa shape index (κ2) is 5.36. The van der Waals surface area contributed by atoms with Gasteiger partial charge in [0.25, 0.3) is 0 Å². The molecule has 7 atom stereocenters. The molecule has 2 spiro atoms. The second-order valence-electron chi connectivity index (χ2n) is 11.1. The molecule has 1 aromatic heterocycles. The van der Waals surface area contributed by atoms with Crippen LogP contribution in [0.3, 0.4) is 0 Å². The van der Waals surface area contributed by atoms with Crippen LogP contribution in [0.1, 0.15) is 64.5 Å². The third-order valence-corrected chi connectivity index (χ3v) is 9.07. The van der Waals surface area contributed by atoms with Crippen LogP contribution in [0, 0.1) is 16.7 Å². The molecule has 2 aliphatic carbocycles. The van der Waals surface area contributed by atoms with Gasteiger partial charge in [0.05, 0.1) is 29.6 Å². The lowest BCUT2D eigenvalue weighted by Gasteiger charge is -2.44. The predicted octanol–water partition coefficient (Wildman–Crippen LogP) is 4.58. The molecule has 6 heteroatoms. The van der Waals surface area contributed by atoms with E-state index in [2.05, 4.69) is 19.9 Å². The minimum Gasteiger partial charge on any atom is -0.472 e. The van der Waals surface area contributed by atoms with Crippen molar-refractivity contribution in [2.45, 2.75) is 82.3 Å². The summed E-state index contributed by atoms with van der Waals surface area (Å²) in [5.41, 5.74) is 1.41. The zero-order valence-corrected chi connectivity index (χ0v) is 18.2. The van der Waals surface area contributed by atoms with Crippen molar-refractivity contribution in [1.29, 1.82) is 0 Å². The van der Waals surface area contributed by atoms with Crippen LogP contribution < -0.4 is 0 Å². The normalized spacial score (nSPS) is 50.9. The van der Waals surface area contributed by atoms with Gasteiger partial charge in [-0.3, -0.25) is 0 Å². The highest BCUT2D eigenvalue weighted by Crippen LogP contribution is 2.85. The van der Waals surface area contributed by atoms with E-state index in [-0.39, 0.29) is 35.1 Å². The first kappa shape index (κ1) is 18.7. The zero-order chi connectivity index (χ0) is 21.3. The van der Waals surface area contributed by atoms with Crippen LogP contribution in [0.4, 0.5) is 0 Å². The average molecular weight is 424 g/mol. The number of esters is 1. The van der Waals surface area contributed by atoms with E-state index in [1.807, 2.05) is 25.3 Å². The topological polar surface area (TPSA) is 67.1 Å². The van der Waals surface area contributed by atoms with Crippen LogP contribution in [0.15, 0.2) is 46.8 Å². The largest absolute Gasteiger partial charge is 0.472 e. The first-order valence-corrected chi connectivity index (χ1v) is 11.4. The summed E-state index contributed by atoms with van der Waals surface area (Å²) in [5, 5.41) is 0. The van der Waals surface area contributed by atoms with Crippen molar-refractivity contribution in [2.24, 2.45) is 16.7 Å². The molecule has 7 rings (SSSR count). The molecule has 0 N–H and O–H groups in total. The number of allylic oxidation sites excluding steroid dienone is 1. The predicted molar refractivity (Wildman–Crippen MR) is 108 cm³/mol. The Balaban J connectivity index is 1.25. The Morgan fingerprint density at radius 1 is 1.19 bits per heavy atom. The first-order valence-electron chi connectivity index (χ1n) is 11.4. The van der Waals surface area contributed by atoms with Crippen LogP contribution in [0.5, 0.6) is 0 Å². The Labute approximate surface area is 181 Å². The highest BCUT2D eigenvalue weighted by Gasteiger charge is 2.84. The van der Waals surface area contributed by atoms with Crippen molar-refractivity contribution in [3.63, 3.8) is 0 Å². The van der Waals surface area contributed by atoms with Crippen molar-refractivity contribution in [2.75, 3.05) is 0 Å². The quantitative estimate of drug-likeness (QED) is 0.512. The fraction of sp³-hybridized carbons (Fsp3) is 0.640. The molecule has 4 aliphatic heterocycles. The second-order valence-corrected chi connectivity index (χ2v) is 11.1. The van der Waals surface area contributed by atoms with E-state index in [4.69, 9.17) is 23.4 Å². The Kier molecular flexibility index (Phi) is 3.22. The van der Waals surface area contributed by atoms with Gasteiger partial charge in [0.1, 0.15) is 5.60 Å². The molecule has 3 saturated heterocycles. The zero-order valence-electron chi connectivity index (χ0n) is 18.2. The monoisotopic (exact) mass is 424 g/mol. The van der Waals surface area contributed by atoms with E-state index in [1.54, 1.807) is 6.26 Å². The Morgan fingerprint density at radius 3 is 2.81 bits per heavy atom. The average Bonchev–Trinajstić information content (AvgIpc) is 3.09. The van der Waals surface area contributed by atoms with E-state index >= 15 is 0 Å². The molecule has 7 unspecified atom stereocenters.